The Balaban J connectivity index is 1.80. The molecule has 0 aromatic heterocycles. The first-order chi connectivity index (χ1) is 9.58. The summed E-state index contributed by atoms with van der Waals surface area (Å²) in [6, 6.07) is 6.76. The van der Waals surface area contributed by atoms with Gasteiger partial charge in [0.05, 0.1) is 5.88 Å². The standard InChI is InChI=1S/C13H14ClNO3S2/c14-9-1-3-10(4-2-9)20-6-5-12(16)15-8-19-7-11(15)13(17)18/h1-4,11H,5-8H2,(H,17,18)/t11-/m0/s1. The number of amides is 1. The SMILES string of the molecule is O=C(O)[C@@H]1CSCN1C(=O)CCSc1ccc(Cl)cc1. The van der Waals surface area contributed by atoms with E-state index in [1.165, 1.54) is 16.7 Å². The third kappa shape index (κ3) is 4.07. The van der Waals surface area contributed by atoms with E-state index in [0.717, 1.165) is 4.90 Å². The van der Waals surface area contributed by atoms with Crippen LogP contribution in [0.15, 0.2) is 29.2 Å². The van der Waals surface area contributed by atoms with Gasteiger partial charge in [0.25, 0.3) is 0 Å². The molecule has 1 aromatic carbocycles. The van der Waals surface area contributed by atoms with Crippen LogP contribution in [0.3, 0.4) is 0 Å². The Bertz CT molecular complexity index is 495. The summed E-state index contributed by atoms with van der Waals surface area (Å²) in [7, 11) is 0. The highest BCUT2D eigenvalue weighted by molar-refractivity contribution is 7.99. The molecule has 0 bridgehead atoms. The fraction of sp³-hybridized carbons (Fsp3) is 0.385. The molecular weight excluding hydrogens is 318 g/mol. The number of aliphatic carboxylic acids is 1. The molecule has 1 N–H and O–H groups in total. The molecule has 0 aliphatic carbocycles. The van der Waals surface area contributed by atoms with Gasteiger partial charge in [-0.15, -0.1) is 23.5 Å². The summed E-state index contributed by atoms with van der Waals surface area (Å²) in [5, 5.41) is 9.72. The van der Waals surface area contributed by atoms with Gasteiger partial charge in [0.1, 0.15) is 6.04 Å². The van der Waals surface area contributed by atoms with Crippen molar-refractivity contribution in [1.29, 1.82) is 0 Å². The van der Waals surface area contributed by atoms with Crippen LogP contribution in [0.1, 0.15) is 6.42 Å². The number of hydrogen-bond acceptors (Lipinski definition) is 4. The number of carboxylic acid groups (broad SMARTS) is 1. The van der Waals surface area contributed by atoms with Crippen molar-refractivity contribution in [3.8, 4) is 0 Å². The molecule has 1 atom stereocenters. The van der Waals surface area contributed by atoms with Crippen LogP contribution in [-0.4, -0.2) is 45.3 Å². The smallest absolute Gasteiger partial charge is 0.327 e. The van der Waals surface area contributed by atoms with E-state index >= 15 is 0 Å². The second kappa shape index (κ2) is 7.24. The van der Waals surface area contributed by atoms with Gasteiger partial charge >= 0.3 is 5.97 Å². The zero-order valence-corrected chi connectivity index (χ0v) is 13.0. The average Bonchev–Trinajstić information content (AvgIpc) is 2.90. The topological polar surface area (TPSA) is 57.6 Å². The lowest BCUT2D eigenvalue weighted by atomic mass is 10.3. The fourth-order valence-electron chi connectivity index (χ4n) is 1.82. The summed E-state index contributed by atoms with van der Waals surface area (Å²) >= 11 is 8.85. The number of benzene rings is 1. The highest BCUT2D eigenvalue weighted by Gasteiger charge is 2.33. The van der Waals surface area contributed by atoms with Crippen LogP contribution >= 0.6 is 35.1 Å². The van der Waals surface area contributed by atoms with Gasteiger partial charge in [-0.25, -0.2) is 4.79 Å². The van der Waals surface area contributed by atoms with Crippen molar-refractivity contribution in [1.82, 2.24) is 4.90 Å². The van der Waals surface area contributed by atoms with Crippen LogP contribution in [0.5, 0.6) is 0 Å². The second-order valence-corrected chi connectivity index (χ2v) is 6.87. The molecule has 2 rings (SSSR count). The third-order valence-corrected chi connectivity index (χ3v) is 5.16. The normalized spacial score (nSPS) is 18.2. The monoisotopic (exact) mass is 331 g/mol. The minimum absolute atomic E-state index is 0.0936. The average molecular weight is 332 g/mol. The van der Waals surface area contributed by atoms with Gasteiger partial charge in [-0.2, -0.15) is 0 Å². The summed E-state index contributed by atoms with van der Waals surface area (Å²) < 4.78 is 0. The molecule has 1 aromatic rings. The Morgan fingerprint density at radius 1 is 1.40 bits per heavy atom. The first-order valence-corrected chi connectivity index (χ1v) is 8.58. The lowest BCUT2D eigenvalue weighted by Crippen LogP contribution is -2.41. The van der Waals surface area contributed by atoms with Crippen molar-refractivity contribution >= 4 is 47.0 Å². The van der Waals surface area contributed by atoms with Gasteiger partial charge in [-0.3, -0.25) is 4.79 Å². The van der Waals surface area contributed by atoms with Gasteiger partial charge in [0.2, 0.25) is 5.91 Å². The molecule has 4 nitrogen and oxygen atoms in total. The summed E-state index contributed by atoms with van der Waals surface area (Å²) in [5.74, 6) is 0.568. The Kier molecular flexibility index (Phi) is 5.63. The summed E-state index contributed by atoms with van der Waals surface area (Å²) in [5.41, 5.74) is 0. The molecule has 0 spiro atoms. The number of rotatable bonds is 5. The number of hydrogen-bond donors (Lipinski definition) is 1. The van der Waals surface area contributed by atoms with Gasteiger partial charge in [-0.05, 0) is 24.3 Å². The van der Waals surface area contributed by atoms with Crippen LogP contribution in [-0.2, 0) is 9.59 Å². The van der Waals surface area contributed by atoms with Crippen molar-refractivity contribution < 1.29 is 14.7 Å². The highest BCUT2D eigenvalue weighted by atomic mass is 35.5. The van der Waals surface area contributed by atoms with E-state index in [1.54, 1.807) is 11.8 Å². The van der Waals surface area contributed by atoms with E-state index in [1.807, 2.05) is 24.3 Å². The Labute approximate surface area is 130 Å². The first kappa shape index (κ1) is 15.5. The fourth-order valence-corrected chi connectivity index (χ4v) is 3.96. The quantitative estimate of drug-likeness (QED) is 0.841. The molecule has 20 heavy (non-hydrogen) atoms. The summed E-state index contributed by atoms with van der Waals surface area (Å²) in [6.07, 6.45) is 0.345. The maximum absolute atomic E-state index is 12.0. The molecule has 1 saturated heterocycles. The van der Waals surface area contributed by atoms with Crippen LogP contribution < -0.4 is 0 Å². The molecule has 0 saturated carbocycles. The van der Waals surface area contributed by atoms with Crippen LogP contribution in [0.25, 0.3) is 0 Å². The third-order valence-electron chi connectivity index (χ3n) is 2.89. The van der Waals surface area contributed by atoms with E-state index in [9.17, 15) is 9.59 Å². The lowest BCUT2D eigenvalue weighted by molar-refractivity contribution is -0.147. The Morgan fingerprint density at radius 2 is 2.10 bits per heavy atom. The highest BCUT2D eigenvalue weighted by Crippen LogP contribution is 2.24. The van der Waals surface area contributed by atoms with Crippen molar-refractivity contribution in [2.45, 2.75) is 17.4 Å². The van der Waals surface area contributed by atoms with Gasteiger partial charge in [0.15, 0.2) is 0 Å². The van der Waals surface area contributed by atoms with Crippen LogP contribution in [0.2, 0.25) is 5.02 Å². The molecular formula is C13H14ClNO3S2. The van der Waals surface area contributed by atoms with Crippen LogP contribution in [0, 0.1) is 0 Å². The van der Waals surface area contributed by atoms with Crippen molar-refractivity contribution in [2.75, 3.05) is 17.4 Å². The molecule has 1 aliphatic rings. The zero-order chi connectivity index (χ0) is 14.5. The van der Waals surface area contributed by atoms with Crippen LogP contribution in [0.4, 0.5) is 0 Å². The second-order valence-electron chi connectivity index (χ2n) is 4.27. The maximum atomic E-state index is 12.0. The minimum atomic E-state index is -0.922. The van der Waals surface area contributed by atoms with Crippen molar-refractivity contribution in [3.05, 3.63) is 29.3 Å². The molecule has 0 unspecified atom stereocenters. The van der Waals surface area contributed by atoms with Crippen molar-refractivity contribution in [3.63, 3.8) is 0 Å². The van der Waals surface area contributed by atoms with E-state index in [2.05, 4.69) is 0 Å². The van der Waals surface area contributed by atoms with E-state index in [0.29, 0.717) is 28.8 Å². The number of carbonyl (C=O) groups is 2. The molecule has 7 heteroatoms. The predicted molar refractivity (Wildman–Crippen MR) is 82.4 cm³/mol. The zero-order valence-electron chi connectivity index (χ0n) is 10.6. The van der Waals surface area contributed by atoms with Crippen molar-refractivity contribution in [2.24, 2.45) is 0 Å². The number of carbonyl (C=O) groups excluding carboxylic acids is 1. The lowest BCUT2D eigenvalue weighted by Gasteiger charge is -2.20. The summed E-state index contributed by atoms with van der Waals surface area (Å²) in [6.45, 7) is 0. The minimum Gasteiger partial charge on any atom is -0.480 e. The summed E-state index contributed by atoms with van der Waals surface area (Å²) in [4.78, 5) is 25.5. The molecule has 1 amide bonds. The van der Waals surface area contributed by atoms with E-state index in [-0.39, 0.29) is 5.91 Å². The van der Waals surface area contributed by atoms with E-state index in [4.69, 9.17) is 16.7 Å². The Morgan fingerprint density at radius 3 is 2.75 bits per heavy atom. The largest absolute Gasteiger partial charge is 0.480 e. The molecule has 1 fully saturated rings. The molecule has 1 aliphatic heterocycles. The van der Waals surface area contributed by atoms with Gasteiger partial charge in [-0.1, -0.05) is 11.6 Å². The Hall–Kier alpha value is -0.850. The molecule has 108 valence electrons. The number of thioether (sulfide) groups is 2. The van der Waals surface area contributed by atoms with E-state index < -0.39 is 12.0 Å². The number of nitrogens with zero attached hydrogens (tertiary/aromatic N) is 1. The maximum Gasteiger partial charge on any atom is 0.327 e. The number of carboxylic acids is 1. The predicted octanol–water partition coefficient (Wildman–Crippen LogP) is 2.81. The first-order valence-electron chi connectivity index (χ1n) is 6.06. The molecule has 0 radical (unpaired) electrons. The number of halogens is 1. The van der Waals surface area contributed by atoms with Gasteiger partial charge in [0, 0.05) is 27.8 Å². The molecule has 1 heterocycles. The van der Waals surface area contributed by atoms with Gasteiger partial charge < -0.3 is 10.0 Å².